The van der Waals surface area contributed by atoms with Crippen molar-refractivity contribution in [3.8, 4) is 0 Å². The van der Waals surface area contributed by atoms with Gasteiger partial charge in [-0.15, -0.1) is 0 Å². The van der Waals surface area contributed by atoms with Crippen molar-refractivity contribution in [1.29, 1.82) is 0 Å². The van der Waals surface area contributed by atoms with Crippen LogP contribution in [0.1, 0.15) is 40.5 Å². The van der Waals surface area contributed by atoms with E-state index in [-0.39, 0.29) is 5.04 Å². The normalized spacial score (nSPS) is 31.6. The maximum Gasteiger partial charge on any atom is 0.192 e. The van der Waals surface area contributed by atoms with E-state index in [1.54, 1.807) is 0 Å². The van der Waals surface area contributed by atoms with Gasteiger partial charge in [-0.25, -0.2) is 0 Å². The standard InChI is InChI=1S/C13H29NO2Si/c1-12(2,3)17(5,6)16-9-11-7-8-13(4,15)10-14-11/h11,14-15H,7-10H2,1-6H3. The number of hydrogen-bond donors (Lipinski definition) is 2. The number of aliphatic hydroxyl groups is 1. The molecular weight excluding hydrogens is 230 g/mol. The lowest BCUT2D eigenvalue weighted by Crippen LogP contribution is -2.52. The molecule has 1 aliphatic rings. The molecule has 17 heavy (non-hydrogen) atoms. The van der Waals surface area contributed by atoms with Gasteiger partial charge >= 0.3 is 0 Å². The molecule has 1 saturated heterocycles. The third kappa shape index (κ3) is 4.36. The Bertz CT molecular complexity index is 249. The highest BCUT2D eigenvalue weighted by Gasteiger charge is 2.38. The summed E-state index contributed by atoms with van der Waals surface area (Å²) in [6.45, 7) is 14.7. The average Bonchev–Trinajstić information content (AvgIpc) is 2.14. The molecule has 3 nitrogen and oxygen atoms in total. The summed E-state index contributed by atoms with van der Waals surface area (Å²) in [5, 5.41) is 13.5. The molecule has 0 aromatic carbocycles. The topological polar surface area (TPSA) is 41.5 Å². The van der Waals surface area contributed by atoms with E-state index in [4.69, 9.17) is 4.43 Å². The second-order valence-electron chi connectivity index (χ2n) is 7.18. The van der Waals surface area contributed by atoms with Crippen molar-refractivity contribution in [2.24, 2.45) is 0 Å². The molecule has 2 N–H and O–H groups in total. The first-order valence-corrected chi connectivity index (χ1v) is 9.54. The fraction of sp³-hybridized carbons (Fsp3) is 1.00. The summed E-state index contributed by atoms with van der Waals surface area (Å²) in [6.07, 6.45) is 1.87. The molecule has 0 aliphatic carbocycles. The lowest BCUT2D eigenvalue weighted by Gasteiger charge is -2.39. The van der Waals surface area contributed by atoms with Gasteiger partial charge in [0, 0.05) is 19.2 Å². The predicted octanol–water partition coefficient (Wildman–Crippen LogP) is 2.51. The van der Waals surface area contributed by atoms with Gasteiger partial charge in [0.15, 0.2) is 8.32 Å². The van der Waals surface area contributed by atoms with Crippen molar-refractivity contribution >= 4 is 8.32 Å². The molecule has 0 aromatic rings. The van der Waals surface area contributed by atoms with Crippen LogP contribution in [0.4, 0.5) is 0 Å². The van der Waals surface area contributed by atoms with Crippen molar-refractivity contribution < 1.29 is 9.53 Å². The second kappa shape index (κ2) is 5.00. The number of β-amino-alcohol motifs (C(OH)–C–C–N with tert-alkyl or cyclic N) is 1. The summed E-state index contributed by atoms with van der Waals surface area (Å²) < 4.78 is 6.20. The fourth-order valence-corrected chi connectivity index (χ4v) is 2.76. The molecule has 4 heteroatoms. The summed E-state index contributed by atoms with van der Waals surface area (Å²) in [4.78, 5) is 0. The van der Waals surface area contributed by atoms with Crippen LogP contribution in [0.5, 0.6) is 0 Å². The van der Waals surface area contributed by atoms with Crippen LogP contribution in [0.3, 0.4) is 0 Å². The van der Waals surface area contributed by atoms with Crippen molar-refractivity contribution in [2.45, 2.75) is 70.3 Å². The highest BCUT2D eigenvalue weighted by atomic mass is 28.4. The van der Waals surface area contributed by atoms with Crippen LogP contribution in [0.25, 0.3) is 0 Å². The van der Waals surface area contributed by atoms with E-state index in [0.717, 1.165) is 19.4 Å². The van der Waals surface area contributed by atoms with E-state index in [1.807, 2.05) is 6.92 Å². The Hall–Kier alpha value is 0.0969. The Morgan fingerprint density at radius 3 is 2.41 bits per heavy atom. The zero-order valence-corrected chi connectivity index (χ0v) is 13.3. The Kier molecular flexibility index (Phi) is 4.45. The Balaban J connectivity index is 2.38. The minimum atomic E-state index is -1.63. The summed E-state index contributed by atoms with van der Waals surface area (Å²) >= 11 is 0. The average molecular weight is 259 g/mol. The van der Waals surface area contributed by atoms with E-state index in [2.05, 4.69) is 39.2 Å². The Labute approximate surface area is 107 Å². The van der Waals surface area contributed by atoms with Crippen molar-refractivity contribution in [1.82, 2.24) is 5.32 Å². The zero-order chi connectivity index (χ0) is 13.3. The first kappa shape index (κ1) is 15.2. The lowest BCUT2D eigenvalue weighted by molar-refractivity contribution is 0.0179. The first-order chi connectivity index (χ1) is 7.54. The summed E-state index contributed by atoms with van der Waals surface area (Å²) in [5.74, 6) is 0. The van der Waals surface area contributed by atoms with Gasteiger partial charge in [-0.3, -0.25) is 0 Å². The van der Waals surface area contributed by atoms with E-state index >= 15 is 0 Å². The molecule has 0 saturated carbocycles. The van der Waals surface area contributed by atoms with Crippen molar-refractivity contribution in [3.05, 3.63) is 0 Å². The van der Waals surface area contributed by atoms with Gasteiger partial charge in [-0.1, -0.05) is 20.8 Å². The van der Waals surface area contributed by atoms with Gasteiger partial charge in [0.2, 0.25) is 0 Å². The van der Waals surface area contributed by atoms with E-state index in [9.17, 15) is 5.11 Å². The molecule has 102 valence electrons. The summed E-state index contributed by atoms with van der Waals surface area (Å²) in [7, 11) is -1.63. The molecular formula is C13H29NO2Si. The third-order valence-electron chi connectivity index (χ3n) is 4.25. The molecule has 0 amide bonds. The van der Waals surface area contributed by atoms with Crippen LogP contribution in [0, 0.1) is 0 Å². The minimum Gasteiger partial charge on any atom is -0.415 e. The van der Waals surface area contributed by atoms with Gasteiger partial charge in [-0.2, -0.15) is 0 Å². The molecule has 2 atom stereocenters. The molecule has 0 bridgehead atoms. The maximum absolute atomic E-state index is 9.85. The van der Waals surface area contributed by atoms with Crippen LogP contribution in [-0.2, 0) is 4.43 Å². The molecule has 1 heterocycles. The number of rotatable bonds is 3. The quantitative estimate of drug-likeness (QED) is 0.765. The third-order valence-corrected chi connectivity index (χ3v) is 8.76. The van der Waals surface area contributed by atoms with Crippen LogP contribution in [-0.4, -0.2) is 38.2 Å². The monoisotopic (exact) mass is 259 g/mol. The number of piperidine rings is 1. The molecule has 1 rings (SSSR count). The largest absolute Gasteiger partial charge is 0.415 e. The smallest absolute Gasteiger partial charge is 0.192 e. The predicted molar refractivity (Wildman–Crippen MR) is 74.8 cm³/mol. The molecule has 1 aliphatic heterocycles. The van der Waals surface area contributed by atoms with E-state index in [0.29, 0.717) is 12.6 Å². The molecule has 0 spiro atoms. The fourth-order valence-electron chi connectivity index (χ4n) is 1.71. The van der Waals surface area contributed by atoms with Crippen molar-refractivity contribution in [2.75, 3.05) is 13.2 Å². The van der Waals surface area contributed by atoms with E-state index in [1.165, 1.54) is 0 Å². The van der Waals surface area contributed by atoms with Gasteiger partial charge in [0.05, 0.1) is 5.60 Å². The van der Waals surface area contributed by atoms with Crippen molar-refractivity contribution in [3.63, 3.8) is 0 Å². The minimum absolute atomic E-state index is 0.271. The Morgan fingerprint density at radius 2 is 2.00 bits per heavy atom. The number of nitrogens with one attached hydrogen (secondary N) is 1. The molecule has 1 fully saturated rings. The molecule has 0 aromatic heterocycles. The highest BCUT2D eigenvalue weighted by molar-refractivity contribution is 6.74. The Morgan fingerprint density at radius 1 is 1.41 bits per heavy atom. The molecule has 0 radical (unpaired) electrons. The highest BCUT2D eigenvalue weighted by Crippen LogP contribution is 2.36. The first-order valence-electron chi connectivity index (χ1n) is 6.63. The summed E-state index contributed by atoms with van der Waals surface area (Å²) in [5.41, 5.74) is -0.534. The second-order valence-corrected chi connectivity index (χ2v) is 12.0. The van der Waals surface area contributed by atoms with E-state index < -0.39 is 13.9 Å². The van der Waals surface area contributed by atoms with Crippen LogP contribution < -0.4 is 5.32 Å². The van der Waals surface area contributed by atoms with Gasteiger partial charge in [0.1, 0.15) is 0 Å². The van der Waals surface area contributed by atoms with Gasteiger partial charge < -0.3 is 14.8 Å². The van der Waals surface area contributed by atoms with Gasteiger partial charge in [-0.05, 0) is 37.9 Å². The number of hydrogen-bond acceptors (Lipinski definition) is 3. The zero-order valence-electron chi connectivity index (χ0n) is 12.3. The van der Waals surface area contributed by atoms with Crippen LogP contribution >= 0.6 is 0 Å². The molecule has 2 unspecified atom stereocenters. The summed E-state index contributed by atoms with van der Waals surface area (Å²) in [6, 6.07) is 0.407. The SMILES string of the molecule is CC1(O)CCC(CO[Si](C)(C)C(C)(C)C)NC1. The lowest BCUT2D eigenvalue weighted by atomic mass is 9.93. The maximum atomic E-state index is 9.85. The van der Waals surface area contributed by atoms with Gasteiger partial charge in [0.25, 0.3) is 0 Å². The van der Waals surface area contributed by atoms with Crippen LogP contribution in [0.2, 0.25) is 18.1 Å². The van der Waals surface area contributed by atoms with Crippen LogP contribution in [0.15, 0.2) is 0 Å².